The second-order valence-corrected chi connectivity index (χ2v) is 4.66. The van der Waals surface area contributed by atoms with Crippen LogP contribution in [0.25, 0.3) is 0 Å². The Hall–Kier alpha value is -0.640. The molecule has 3 nitrogen and oxygen atoms in total. The summed E-state index contributed by atoms with van der Waals surface area (Å²) in [5, 5.41) is 4.37. The summed E-state index contributed by atoms with van der Waals surface area (Å²) >= 11 is 17.8. The van der Waals surface area contributed by atoms with Crippen molar-refractivity contribution in [3.05, 3.63) is 27.2 Å². The first-order valence-corrected chi connectivity index (χ1v) is 6.76. The van der Waals surface area contributed by atoms with E-state index in [2.05, 4.69) is 10.3 Å². The first-order valence-electron chi connectivity index (χ1n) is 5.63. The molecule has 0 spiro atoms. The first kappa shape index (κ1) is 15.4. The van der Waals surface area contributed by atoms with E-state index in [4.69, 9.17) is 39.5 Å². The molecule has 100 valence electrons. The Balaban J connectivity index is 2.73. The van der Waals surface area contributed by atoms with Gasteiger partial charge in [0.25, 0.3) is 0 Å². The molecule has 0 atom stereocenters. The van der Waals surface area contributed by atoms with Gasteiger partial charge in [0.2, 0.25) is 0 Å². The predicted octanol–water partition coefficient (Wildman–Crippen LogP) is 4.05. The molecule has 18 heavy (non-hydrogen) atoms. The third-order valence-electron chi connectivity index (χ3n) is 2.07. The second kappa shape index (κ2) is 7.72. The normalized spacial score (nSPS) is 11.5. The average molecular weight is 310 g/mol. The molecule has 1 rings (SSSR count). The van der Waals surface area contributed by atoms with Crippen LogP contribution in [-0.4, -0.2) is 25.5 Å². The van der Waals surface area contributed by atoms with Gasteiger partial charge in [-0.15, -0.1) is 0 Å². The predicted molar refractivity (Wildman–Crippen MR) is 78.6 cm³/mol. The molecule has 0 aliphatic carbocycles. The third-order valence-corrected chi connectivity index (χ3v) is 3.09. The van der Waals surface area contributed by atoms with Crippen LogP contribution in [0.5, 0.6) is 5.75 Å². The van der Waals surface area contributed by atoms with Crippen LogP contribution < -0.4 is 10.1 Å². The number of likely N-dealkylation sites (N-methyl/N-ethyl adjacent to an activating group) is 1. The SMILES string of the molecule is CCN=C(COc1cc(Cl)c(Cl)cc1Cl)NCC. The highest BCUT2D eigenvalue weighted by Crippen LogP contribution is 2.33. The molecule has 0 unspecified atom stereocenters. The highest BCUT2D eigenvalue weighted by atomic mass is 35.5. The summed E-state index contributed by atoms with van der Waals surface area (Å²) in [5.74, 6) is 1.27. The van der Waals surface area contributed by atoms with Crippen LogP contribution >= 0.6 is 34.8 Å². The Morgan fingerprint density at radius 3 is 2.44 bits per heavy atom. The lowest BCUT2D eigenvalue weighted by atomic mass is 10.3. The van der Waals surface area contributed by atoms with E-state index in [0.29, 0.717) is 34.0 Å². The minimum absolute atomic E-state index is 0.319. The van der Waals surface area contributed by atoms with E-state index in [0.717, 1.165) is 12.4 Å². The molecule has 0 aliphatic heterocycles. The molecule has 1 aromatic carbocycles. The van der Waals surface area contributed by atoms with Crippen LogP contribution in [0, 0.1) is 0 Å². The number of aliphatic imine (C=N–C) groups is 1. The van der Waals surface area contributed by atoms with Gasteiger partial charge in [-0.3, -0.25) is 4.99 Å². The standard InChI is InChI=1S/C12H15Cl3N2O/c1-3-16-12(17-4-2)7-18-11-6-9(14)8(13)5-10(11)15/h5-6H,3-4,7H2,1-2H3,(H,16,17). The number of ether oxygens (including phenoxy) is 1. The summed E-state index contributed by atoms with van der Waals surface area (Å²) in [6.07, 6.45) is 0. The van der Waals surface area contributed by atoms with Crippen molar-refractivity contribution >= 4 is 40.6 Å². The molecule has 0 aliphatic rings. The maximum atomic E-state index is 6.01. The van der Waals surface area contributed by atoms with Crippen molar-refractivity contribution in [2.75, 3.05) is 19.7 Å². The second-order valence-electron chi connectivity index (χ2n) is 3.44. The van der Waals surface area contributed by atoms with E-state index in [9.17, 15) is 0 Å². The average Bonchev–Trinajstić information content (AvgIpc) is 2.32. The van der Waals surface area contributed by atoms with E-state index in [1.807, 2.05) is 13.8 Å². The van der Waals surface area contributed by atoms with Gasteiger partial charge in [0.05, 0.1) is 15.1 Å². The Kier molecular flexibility index (Phi) is 6.61. The lowest BCUT2D eigenvalue weighted by Crippen LogP contribution is -2.29. The van der Waals surface area contributed by atoms with E-state index >= 15 is 0 Å². The summed E-state index contributed by atoms with van der Waals surface area (Å²) in [4.78, 5) is 4.28. The minimum atomic E-state index is 0.319. The number of hydrogen-bond donors (Lipinski definition) is 1. The number of nitrogens with zero attached hydrogens (tertiary/aromatic N) is 1. The molecule has 1 N–H and O–H groups in total. The van der Waals surface area contributed by atoms with Gasteiger partial charge in [-0.2, -0.15) is 0 Å². The van der Waals surface area contributed by atoms with Gasteiger partial charge in [-0.05, 0) is 19.9 Å². The van der Waals surface area contributed by atoms with Gasteiger partial charge in [-0.25, -0.2) is 0 Å². The Morgan fingerprint density at radius 1 is 1.17 bits per heavy atom. The summed E-state index contributed by atoms with van der Waals surface area (Å²) in [6.45, 7) is 5.76. The van der Waals surface area contributed by atoms with E-state index in [-0.39, 0.29) is 0 Å². The number of nitrogens with one attached hydrogen (secondary N) is 1. The third kappa shape index (κ3) is 4.56. The van der Waals surface area contributed by atoms with Crippen molar-refractivity contribution < 1.29 is 4.74 Å². The zero-order valence-electron chi connectivity index (χ0n) is 10.3. The molecular formula is C12H15Cl3N2O. The van der Waals surface area contributed by atoms with Gasteiger partial charge < -0.3 is 10.1 Å². The summed E-state index contributed by atoms with van der Waals surface area (Å²) in [6, 6.07) is 3.16. The maximum Gasteiger partial charge on any atom is 0.145 e. The molecule has 0 heterocycles. The van der Waals surface area contributed by atoms with Crippen LogP contribution in [-0.2, 0) is 0 Å². The highest BCUT2D eigenvalue weighted by molar-refractivity contribution is 6.43. The molecule has 6 heteroatoms. The van der Waals surface area contributed by atoms with Crippen molar-refractivity contribution in [2.24, 2.45) is 4.99 Å². The Bertz CT molecular complexity index is 436. The van der Waals surface area contributed by atoms with Crippen LogP contribution in [0.2, 0.25) is 15.1 Å². The van der Waals surface area contributed by atoms with Crippen LogP contribution in [0.4, 0.5) is 0 Å². The van der Waals surface area contributed by atoms with Crippen molar-refractivity contribution in [1.82, 2.24) is 5.32 Å². The zero-order chi connectivity index (χ0) is 13.5. The van der Waals surface area contributed by atoms with Crippen LogP contribution in [0.15, 0.2) is 17.1 Å². The quantitative estimate of drug-likeness (QED) is 0.506. The fraction of sp³-hybridized carbons (Fsp3) is 0.417. The monoisotopic (exact) mass is 308 g/mol. The molecule has 1 aromatic rings. The van der Waals surface area contributed by atoms with Gasteiger partial charge in [0.15, 0.2) is 0 Å². The van der Waals surface area contributed by atoms with Gasteiger partial charge in [-0.1, -0.05) is 34.8 Å². The van der Waals surface area contributed by atoms with E-state index in [1.165, 1.54) is 0 Å². The van der Waals surface area contributed by atoms with Crippen molar-refractivity contribution in [3.8, 4) is 5.75 Å². The van der Waals surface area contributed by atoms with Crippen LogP contribution in [0.1, 0.15) is 13.8 Å². The molecule has 0 aromatic heterocycles. The van der Waals surface area contributed by atoms with Crippen LogP contribution in [0.3, 0.4) is 0 Å². The summed E-state index contributed by atoms with van der Waals surface area (Å²) < 4.78 is 5.57. The fourth-order valence-corrected chi connectivity index (χ4v) is 1.90. The molecule has 0 saturated heterocycles. The minimum Gasteiger partial charge on any atom is -0.484 e. The smallest absolute Gasteiger partial charge is 0.145 e. The van der Waals surface area contributed by atoms with E-state index in [1.54, 1.807) is 12.1 Å². The number of halogens is 3. The maximum absolute atomic E-state index is 6.01. The molecule has 0 amide bonds. The number of amidine groups is 1. The summed E-state index contributed by atoms with van der Waals surface area (Å²) in [7, 11) is 0. The molecule has 0 fully saturated rings. The lowest BCUT2D eigenvalue weighted by Gasteiger charge is -2.12. The highest BCUT2D eigenvalue weighted by Gasteiger charge is 2.08. The molecular weight excluding hydrogens is 295 g/mol. The zero-order valence-corrected chi connectivity index (χ0v) is 12.5. The Labute approximate surface area is 122 Å². The van der Waals surface area contributed by atoms with Crippen molar-refractivity contribution in [2.45, 2.75) is 13.8 Å². The molecule has 0 saturated carbocycles. The lowest BCUT2D eigenvalue weighted by molar-refractivity contribution is 0.372. The van der Waals surface area contributed by atoms with Crippen molar-refractivity contribution in [1.29, 1.82) is 0 Å². The largest absolute Gasteiger partial charge is 0.484 e. The molecule has 0 bridgehead atoms. The van der Waals surface area contributed by atoms with Crippen molar-refractivity contribution in [3.63, 3.8) is 0 Å². The molecule has 0 radical (unpaired) electrons. The summed E-state index contributed by atoms with van der Waals surface area (Å²) in [5.41, 5.74) is 0. The number of hydrogen-bond acceptors (Lipinski definition) is 2. The van der Waals surface area contributed by atoms with Gasteiger partial charge >= 0.3 is 0 Å². The fourth-order valence-electron chi connectivity index (χ4n) is 1.31. The van der Waals surface area contributed by atoms with E-state index < -0.39 is 0 Å². The van der Waals surface area contributed by atoms with Gasteiger partial charge in [0, 0.05) is 19.2 Å². The topological polar surface area (TPSA) is 33.6 Å². The van der Waals surface area contributed by atoms with Gasteiger partial charge in [0.1, 0.15) is 18.2 Å². The first-order chi connectivity index (χ1) is 8.58. The number of benzene rings is 1. The number of rotatable bonds is 5. The Morgan fingerprint density at radius 2 is 1.83 bits per heavy atom.